The summed E-state index contributed by atoms with van der Waals surface area (Å²) in [5.41, 5.74) is 3.97. The molecule has 0 N–H and O–H groups in total. The van der Waals surface area contributed by atoms with Gasteiger partial charge in [0.25, 0.3) is 5.91 Å². The van der Waals surface area contributed by atoms with E-state index in [1.54, 1.807) is 18.4 Å². The molecule has 33 heavy (non-hydrogen) atoms. The van der Waals surface area contributed by atoms with Crippen LogP contribution >= 0.6 is 11.8 Å². The van der Waals surface area contributed by atoms with E-state index in [1.165, 1.54) is 11.8 Å². The molecule has 174 valence electrons. The maximum Gasteiger partial charge on any atom is 0.253 e. The average Bonchev–Trinajstić information content (AvgIpc) is 3.54. The molecule has 1 atom stereocenters. The molecule has 1 aromatic carbocycles. The molecule has 8 heteroatoms. The third-order valence-electron chi connectivity index (χ3n) is 5.76. The molecule has 0 bridgehead atoms. The van der Waals surface area contributed by atoms with Gasteiger partial charge in [0.2, 0.25) is 0 Å². The number of thioether (sulfide) groups is 1. The number of nitrogens with zero attached hydrogens (tertiary/aromatic N) is 4. The van der Waals surface area contributed by atoms with Gasteiger partial charge in [-0.15, -0.1) is 0 Å². The van der Waals surface area contributed by atoms with Gasteiger partial charge in [-0.3, -0.25) is 4.79 Å². The van der Waals surface area contributed by atoms with Crippen LogP contribution in [0.15, 0.2) is 57.3 Å². The van der Waals surface area contributed by atoms with Crippen LogP contribution in [0.5, 0.6) is 5.75 Å². The van der Waals surface area contributed by atoms with Crippen molar-refractivity contribution < 1.29 is 13.9 Å². The predicted octanol–water partition coefficient (Wildman–Crippen LogP) is 5.23. The van der Waals surface area contributed by atoms with Crippen molar-refractivity contribution in [3.63, 3.8) is 0 Å². The van der Waals surface area contributed by atoms with Gasteiger partial charge >= 0.3 is 0 Å². The number of hydrogen-bond acceptors (Lipinski definition) is 6. The maximum absolute atomic E-state index is 13.3. The average molecular weight is 467 g/mol. The molecule has 4 rings (SSSR count). The minimum atomic E-state index is -0.260. The summed E-state index contributed by atoms with van der Waals surface area (Å²) >= 11 is 1.46. The van der Waals surface area contributed by atoms with Gasteiger partial charge in [-0.25, -0.2) is 9.99 Å². The summed E-state index contributed by atoms with van der Waals surface area (Å²) in [5, 5.41) is 7.16. The minimum Gasteiger partial charge on any atom is -0.497 e. The zero-order valence-electron chi connectivity index (χ0n) is 19.7. The quantitative estimate of drug-likeness (QED) is 0.425. The topological polar surface area (TPSA) is 72.9 Å². The molecule has 1 aliphatic heterocycles. The fourth-order valence-electron chi connectivity index (χ4n) is 3.91. The lowest BCUT2D eigenvalue weighted by Gasteiger charge is -2.20. The van der Waals surface area contributed by atoms with Crippen LogP contribution in [0.2, 0.25) is 0 Å². The third-order valence-corrected chi connectivity index (χ3v) is 6.72. The number of methoxy groups -OCH3 is 1. The van der Waals surface area contributed by atoms with Crippen LogP contribution in [0.4, 0.5) is 0 Å². The van der Waals surface area contributed by atoms with E-state index in [4.69, 9.17) is 19.2 Å². The molecule has 7 nitrogen and oxygen atoms in total. The van der Waals surface area contributed by atoms with Crippen molar-refractivity contribution in [1.82, 2.24) is 14.6 Å². The highest BCUT2D eigenvalue weighted by atomic mass is 32.2. The Morgan fingerprint density at radius 3 is 2.64 bits per heavy atom. The lowest BCUT2D eigenvalue weighted by atomic mass is 10.0. The van der Waals surface area contributed by atoms with Crippen molar-refractivity contribution in [3.8, 4) is 5.75 Å². The Morgan fingerprint density at radius 2 is 2.00 bits per heavy atom. The molecular formula is C25H30N4O3S. The van der Waals surface area contributed by atoms with E-state index in [1.807, 2.05) is 43.3 Å². The second-order valence-electron chi connectivity index (χ2n) is 8.61. The molecule has 0 aliphatic carbocycles. The van der Waals surface area contributed by atoms with Gasteiger partial charge in [-0.2, -0.15) is 5.10 Å². The summed E-state index contributed by atoms with van der Waals surface area (Å²) < 4.78 is 13.1. The van der Waals surface area contributed by atoms with Gasteiger partial charge in [-0.1, -0.05) is 25.6 Å². The number of rotatable bonds is 8. The van der Waals surface area contributed by atoms with Gasteiger partial charge in [0, 0.05) is 18.7 Å². The zero-order valence-corrected chi connectivity index (χ0v) is 20.6. The van der Waals surface area contributed by atoms with E-state index in [0.29, 0.717) is 12.3 Å². The number of hydrogen-bond donors (Lipinski definition) is 0. The molecular weight excluding hydrogens is 436 g/mol. The first-order valence-corrected chi connectivity index (χ1v) is 12.1. The Kier molecular flexibility index (Phi) is 6.93. The van der Waals surface area contributed by atoms with Gasteiger partial charge in [0.05, 0.1) is 30.5 Å². The molecule has 0 radical (unpaired) electrons. The number of benzene rings is 1. The van der Waals surface area contributed by atoms with Crippen LogP contribution in [0, 0.1) is 19.8 Å². The van der Waals surface area contributed by atoms with E-state index in [9.17, 15) is 4.79 Å². The highest BCUT2D eigenvalue weighted by Gasteiger charge is 2.35. The number of ether oxygens (including phenoxy) is 1. The van der Waals surface area contributed by atoms with Gasteiger partial charge in [0.1, 0.15) is 17.6 Å². The first-order chi connectivity index (χ1) is 15.9. The fraction of sp³-hybridized carbons (Fsp3) is 0.400. The van der Waals surface area contributed by atoms with Crippen molar-refractivity contribution in [2.45, 2.75) is 51.9 Å². The van der Waals surface area contributed by atoms with Crippen LogP contribution in [-0.4, -0.2) is 39.0 Å². The number of carbonyl (C=O) groups is 1. The standard InChI is InChI=1S/C25H30N4O3S/c1-16(2)14-28-18(4)17(3)26-25(28)33-15-24(30)29-22(23-7-6-12-32-23)13-21(27-29)19-8-10-20(31-5)11-9-19/h6-12,16,22H,13-15H2,1-5H3/t22-/m1/s1. The van der Waals surface area contributed by atoms with Gasteiger partial charge in [-0.05, 0) is 61.7 Å². The fourth-order valence-corrected chi connectivity index (χ4v) is 4.86. The summed E-state index contributed by atoms with van der Waals surface area (Å²) in [6.07, 6.45) is 2.23. The molecule has 3 aromatic rings. The summed E-state index contributed by atoms with van der Waals surface area (Å²) in [7, 11) is 1.64. The molecule has 2 aromatic heterocycles. The van der Waals surface area contributed by atoms with Crippen molar-refractivity contribution in [2.75, 3.05) is 12.9 Å². The van der Waals surface area contributed by atoms with Gasteiger partial charge in [0.15, 0.2) is 5.16 Å². The smallest absolute Gasteiger partial charge is 0.253 e. The van der Waals surface area contributed by atoms with E-state index in [0.717, 1.165) is 45.9 Å². The number of hydrazone groups is 1. The second-order valence-corrected chi connectivity index (χ2v) is 9.55. The Hall–Kier alpha value is -3.00. The second kappa shape index (κ2) is 9.87. The molecule has 1 aliphatic rings. The number of amides is 1. The first kappa shape index (κ1) is 23.2. The van der Waals surface area contributed by atoms with E-state index in [-0.39, 0.29) is 17.7 Å². The Bertz CT molecular complexity index is 1130. The minimum absolute atomic E-state index is 0.0701. The van der Waals surface area contributed by atoms with Crippen LogP contribution in [0.3, 0.4) is 0 Å². The molecule has 0 unspecified atom stereocenters. The zero-order chi connectivity index (χ0) is 23.5. The molecule has 0 spiro atoms. The molecule has 0 saturated carbocycles. The number of aryl methyl sites for hydroxylation is 1. The van der Waals surface area contributed by atoms with E-state index in [2.05, 4.69) is 25.3 Å². The highest BCUT2D eigenvalue weighted by molar-refractivity contribution is 7.99. The summed E-state index contributed by atoms with van der Waals surface area (Å²) in [5.74, 6) is 2.19. The van der Waals surface area contributed by atoms with Crippen LogP contribution in [0.25, 0.3) is 0 Å². The number of imidazole rings is 1. The van der Waals surface area contributed by atoms with Crippen molar-refractivity contribution in [1.29, 1.82) is 0 Å². The summed E-state index contributed by atoms with van der Waals surface area (Å²) in [4.78, 5) is 18.0. The largest absolute Gasteiger partial charge is 0.497 e. The summed E-state index contributed by atoms with van der Waals surface area (Å²) in [6.45, 7) is 9.33. The van der Waals surface area contributed by atoms with Crippen molar-refractivity contribution in [3.05, 3.63) is 65.4 Å². The Morgan fingerprint density at radius 1 is 1.24 bits per heavy atom. The molecule has 0 saturated heterocycles. The highest BCUT2D eigenvalue weighted by Crippen LogP contribution is 2.34. The van der Waals surface area contributed by atoms with Crippen molar-refractivity contribution in [2.24, 2.45) is 11.0 Å². The summed E-state index contributed by atoms with van der Waals surface area (Å²) in [6, 6.07) is 11.2. The number of furan rings is 1. The monoisotopic (exact) mass is 466 g/mol. The van der Waals surface area contributed by atoms with Crippen LogP contribution in [-0.2, 0) is 11.3 Å². The maximum atomic E-state index is 13.3. The van der Waals surface area contributed by atoms with Crippen molar-refractivity contribution >= 4 is 23.4 Å². The lowest BCUT2D eigenvalue weighted by Crippen LogP contribution is -2.28. The SMILES string of the molecule is COc1ccc(C2=NN(C(=O)CSc3nc(C)c(C)n3CC(C)C)[C@@H](c3ccco3)C2)cc1. The van der Waals surface area contributed by atoms with Crippen LogP contribution in [0.1, 0.15) is 49.0 Å². The number of carbonyl (C=O) groups excluding carboxylic acids is 1. The molecule has 3 heterocycles. The van der Waals surface area contributed by atoms with Crippen LogP contribution < -0.4 is 4.74 Å². The predicted molar refractivity (Wildman–Crippen MR) is 130 cm³/mol. The van der Waals surface area contributed by atoms with E-state index >= 15 is 0 Å². The Labute approximate surface area is 198 Å². The Balaban J connectivity index is 1.55. The molecule has 1 amide bonds. The van der Waals surface area contributed by atoms with E-state index < -0.39 is 0 Å². The lowest BCUT2D eigenvalue weighted by molar-refractivity contribution is -0.130. The van der Waals surface area contributed by atoms with Gasteiger partial charge < -0.3 is 13.7 Å². The first-order valence-electron chi connectivity index (χ1n) is 11.1. The number of aromatic nitrogens is 2. The third kappa shape index (κ3) is 5.00. The molecule has 0 fully saturated rings. The normalized spacial score (nSPS) is 15.9.